The lowest BCUT2D eigenvalue weighted by molar-refractivity contribution is 0.460. The Labute approximate surface area is 105 Å². The van der Waals surface area contributed by atoms with Crippen molar-refractivity contribution >= 4 is 20.8 Å². The van der Waals surface area contributed by atoms with Crippen LogP contribution >= 0.6 is 0 Å². The number of fused-ring (bicyclic) bond motifs is 1. The van der Waals surface area contributed by atoms with E-state index in [0.717, 1.165) is 6.26 Å². The number of hydrogen-bond acceptors (Lipinski definition) is 4. The average Bonchev–Trinajstić information content (AvgIpc) is 2.70. The fourth-order valence-electron chi connectivity index (χ4n) is 1.83. The van der Waals surface area contributed by atoms with Crippen LogP contribution < -0.4 is 5.32 Å². The molecule has 6 heteroatoms. The lowest BCUT2D eigenvalue weighted by Crippen LogP contribution is -2.24. The molecule has 0 amide bonds. The van der Waals surface area contributed by atoms with Crippen molar-refractivity contribution < 1.29 is 17.2 Å². The molecule has 0 aliphatic heterocycles. The molecule has 1 atom stereocenters. The molecule has 18 heavy (non-hydrogen) atoms. The second-order valence-electron chi connectivity index (χ2n) is 4.24. The highest BCUT2D eigenvalue weighted by atomic mass is 32.2. The third kappa shape index (κ3) is 2.70. The Morgan fingerprint density at radius 3 is 2.72 bits per heavy atom. The normalized spacial score (nSPS) is 13.9. The fraction of sp³-hybridized carbons (Fsp3) is 0.333. The summed E-state index contributed by atoms with van der Waals surface area (Å²) in [7, 11) is -1.51. The van der Waals surface area contributed by atoms with Crippen molar-refractivity contribution in [1.82, 2.24) is 5.32 Å². The largest absolute Gasteiger partial charge is 0.456 e. The molecule has 0 spiro atoms. The molecular weight excluding hydrogens is 257 g/mol. The number of halogens is 1. The minimum Gasteiger partial charge on any atom is -0.456 e. The first kappa shape index (κ1) is 13.0. The predicted molar refractivity (Wildman–Crippen MR) is 67.7 cm³/mol. The first-order valence-corrected chi connectivity index (χ1v) is 7.49. The van der Waals surface area contributed by atoms with Crippen LogP contribution in [0.15, 0.2) is 28.7 Å². The second kappa shape index (κ2) is 4.70. The van der Waals surface area contributed by atoms with Crippen molar-refractivity contribution in [2.45, 2.75) is 6.04 Å². The number of rotatable bonds is 4. The molecule has 1 N–H and O–H groups in total. The highest BCUT2D eigenvalue weighted by Crippen LogP contribution is 2.26. The number of para-hydroxylation sites is 1. The third-order valence-electron chi connectivity index (χ3n) is 2.68. The van der Waals surface area contributed by atoms with Crippen LogP contribution in [0.5, 0.6) is 0 Å². The van der Waals surface area contributed by atoms with Crippen LogP contribution in [0.4, 0.5) is 4.39 Å². The van der Waals surface area contributed by atoms with Gasteiger partial charge in [-0.15, -0.1) is 0 Å². The Kier molecular flexibility index (Phi) is 3.41. The molecule has 0 aliphatic carbocycles. The van der Waals surface area contributed by atoms with Crippen LogP contribution in [0, 0.1) is 5.82 Å². The summed E-state index contributed by atoms with van der Waals surface area (Å²) in [5.74, 6) is -0.124. The van der Waals surface area contributed by atoms with E-state index in [2.05, 4.69) is 5.32 Å². The average molecular weight is 271 g/mol. The molecule has 0 fully saturated rings. The van der Waals surface area contributed by atoms with E-state index < -0.39 is 21.7 Å². The number of sulfone groups is 1. The highest BCUT2D eigenvalue weighted by molar-refractivity contribution is 7.90. The van der Waals surface area contributed by atoms with Gasteiger partial charge in [-0.3, -0.25) is 0 Å². The summed E-state index contributed by atoms with van der Waals surface area (Å²) in [5, 5.41) is 3.48. The summed E-state index contributed by atoms with van der Waals surface area (Å²) in [6.07, 6.45) is 1.15. The van der Waals surface area contributed by atoms with Crippen LogP contribution in [0.2, 0.25) is 0 Å². The standard InChI is InChI=1S/C12H14FNO3S/c1-14-10(7-18(2,15)16)11-6-8-4-3-5-9(13)12(8)17-11/h3-6,10,14H,7H2,1-2H3. The molecule has 2 rings (SSSR count). The van der Waals surface area contributed by atoms with Gasteiger partial charge in [-0.25, -0.2) is 12.8 Å². The lowest BCUT2D eigenvalue weighted by atomic mass is 10.2. The summed E-state index contributed by atoms with van der Waals surface area (Å²) < 4.78 is 41.5. The zero-order chi connectivity index (χ0) is 13.3. The molecule has 1 aromatic carbocycles. The van der Waals surface area contributed by atoms with E-state index in [1.54, 1.807) is 25.2 Å². The van der Waals surface area contributed by atoms with Gasteiger partial charge in [-0.2, -0.15) is 0 Å². The Bertz CT molecular complexity index is 663. The summed E-state index contributed by atoms with van der Waals surface area (Å²) >= 11 is 0. The molecule has 1 unspecified atom stereocenters. The van der Waals surface area contributed by atoms with Gasteiger partial charge >= 0.3 is 0 Å². The van der Waals surface area contributed by atoms with Crippen molar-refractivity contribution in [1.29, 1.82) is 0 Å². The van der Waals surface area contributed by atoms with Crippen LogP contribution in [0.25, 0.3) is 11.0 Å². The molecule has 2 aromatic rings. The van der Waals surface area contributed by atoms with E-state index in [1.807, 2.05) is 0 Å². The Morgan fingerprint density at radius 2 is 2.17 bits per heavy atom. The zero-order valence-electron chi connectivity index (χ0n) is 10.1. The molecule has 0 aliphatic rings. The highest BCUT2D eigenvalue weighted by Gasteiger charge is 2.20. The van der Waals surface area contributed by atoms with Gasteiger partial charge in [0.05, 0.1) is 11.8 Å². The molecular formula is C12H14FNO3S. The van der Waals surface area contributed by atoms with Gasteiger partial charge in [0, 0.05) is 11.6 Å². The van der Waals surface area contributed by atoms with E-state index in [0.29, 0.717) is 11.1 Å². The maximum atomic E-state index is 13.5. The molecule has 1 aromatic heterocycles. The third-order valence-corrected chi connectivity index (χ3v) is 3.62. The molecule has 4 nitrogen and oxygen atoms in total. The maximum Gasteiger partial charge on any atom is 0.169 e. The van der Waals surface area contributed by atoms with Crippen LogP contribution in [-0.4, -0.2) is 27.5 Å². The monoisotopic (exact) mass is 271 g/mol. The Hall–Kier alpha value is -1.40. The molecule has 0 bridgehead atoms. The van der Waals surface area contributed by atoms with Gasteiger partial charge in [-0.05, 0) is 19.2 Å². The number of benzene rings is 1. The van der Waals surface area contributed by atoms with Crippen molar-refractivity contribution in [2.75, 3.05) is 19.1 Å². The molecule has 1 heterocycles. The molecule has 0 radical (unpaired) electrons. The topological polar surface area (TPSA) is 59.3 Å². The van der Waals surface area contributed by atoms with Crippen molar-refractivity contribution in [3.63, 3.8) is 0 Å². The van der Waals surface area contributed by atoms with Gasteiger partial charge in [0.15, 0.2) is 11.4 Å². The quantitative estimate of drug-likeness (QED) is 0.922. The van der Waals surface area contributed by atoms with E-state index in [4.69, 9.17) is 4.42 Å². The van der Waals surface area contributed by atoms with Crippen LogP contribution in [0.1, 0.15) is 11.8 Å². The Morgan fingerprint density at radius 1 is 1.44 bits per heavy atom. The number of nitrogens with one attached hydrogen (secondary N) is 1. The van der Waals surface area contributed by atoms with Gasteiger partial charge in [-0.1, -0.05) is 12.1 Å². The van der Waals surface area contributed by atoms with Gasteiger partial charge in [0.25, 0.3) is 0 Å². The van der Waals surface area contributed by atoms with E-state index in [-0.39, 0.29) is 11.3 Å². The first-order valence-electron chi connectivity index (χ1n) is 5.43. The molecule has 0 saturated carbocycles. The minimum absolute atomic E-state index is 0.0923. The van der Waals surface area contributed by atoms with Gasteiger partial charge < -0.3 is 9.73 Å². The summed E-state index contributed by atoms with van der Waals surface area (Å²) in [5.41, 5.74) is 0.154. The SMILES string of the molecule is CNC(CS(C)(=O)=O)c1cc2cccc(F)c2o1. The number of furan rings is 1. The summed E-state index contributed by atoms with van der Waals surface area (Å²) in [6, 6.07) is 5.79. The van der Waals surface area contributed by atoms with E-state index in [1.165, 1.54) is 6.07 Å². The number of hydrogen-bond donors (Lipinski definition) is 1. The minimum atomic E-state index is -3.15. The lowest BCUT2D eigenvalue weighted by Gasteiger charge is -2.11. The van der Waals surface area contributed by atoms with E-state index >= 15 is 0 Å². The van der Waals surface area contributed by atoms with Crippen LogP contribution in [0.3, 0.4) is 0 Å². The first-order chi connectivity index (χ1) is 8.40. The maximum absolute atomic E-state index is 13.5. The molecule has 0 saturated heterocycles. The van der Waals surface area contributed by atoms with Crippen molar-refractivity contribution in [2.24, 2.45) is 0 Å². The summed E-state index contributed by atoms with van der Waals surface area (Å²) in [4.78, 5) is 0. The smallest absolute Gasteiger partial charge is 0.169 e. The van der Waals surface area contributed by atoms with Crippen LogP contribution in [-0.2, 0) is 9.84 Å². The Balaban J connectivity index is 2.43. The predicted octanol–water partition coefficient (Wildman–Crippen LogP) is 1.88. The van der Waals surface area contributed by atoms with Crippen molar-refractivity contribution in [3.05, 3.63) is 35.8 Å². The fourth-order valence-corrected chi connectivity index (χ4v) is 2.77. The zero-order valence-corrected chi connectivity index (χ0v) is 10.9. The second-order valence-corrected chi connectivity index (χ2v) is 6.43. The summed E-state index contributed by atoms with van der Waals surface area (Å²) in [6.45, 7) is 0. The van der Waals surface area contributed by atoms with Gasteiger partial charge in [0.2, 0.25) is 0 Å². The van der Waals surface area contributed by atoms with Gasteiger partial charge in [0.1, 0.15) is 15.6 Å². The van der Waals surface area contributed by atoms with Crippen molar-refractivity contribution in [3.8, 4) is 0 Å². The van der Waals surface area contributed by atoms with E-state index in [9.17, 15) is 12.8 Å². The molecule has 98 valence electrons.